The molecule has 0 aromatic heterocycles. The lowest BCUT2D eigenvalue weighted by Gasteiger charge is -2.39. The van der Waals surface area contributed by atoms with E-state index in [2.05, 4.69) is 63.6 Å². The Morgan fingerprint density at radius 2 is 1.29 bits per heavy atom. The first-order chi connectivity index (χ1) is 23.9. The molecule has 0 aliphatic carbocycles. The molecule has 0 radical (unpaired) electrons. The van der Waals surface area contributed by atoms with Gasteiger partial charge in [0.1, 0.15) is 12.4 Å². The number of rotatable bonds is 14. The van der Waals surface area contributed by atoms with E-state index in [0.29, 0.717) is 30.8 Å². The number of alkyl halides is 2. The second-order valence-electron chi connectivity index (χ2n) is 11.9. The van der Waals surface area contributed by atoms with Crippen LogP contribution in [0.5, 0.6) is 5.75 Å². The molecule has 49 heavy (non-hydrogen) atoms. The van der Waals surface area contributed by atoms with Gasteiger partial charge in [-0.25, -0.2) is 9.59 Å². The first-order valence-corrected chi connectivity index (χ1v) is 17.0. The molecule has 260 valence electrons. The molecule has 0 saturated carbocycles. The zero-order valence-electron chi connectivity index (χ0n) is 28.4. The van der Waals surface area contributed by atoms with Crippen LogP contribution in [-0.4, -0.2) is 74.3 Å². The number of dihydropyridines is 1. The molecule has 0 bridgehead atoms. The molecular weight excluding hydrogens is 628 g/mol. The van der Waals surface area contributed by atoms with Crippen LogP contribution in [0, 0.1) is 0 Å². The standard InChI is InChI=1S/C39H45F2N3O5/c1-4-30-34(37(45)47-6-3)33(29-19-13-14-20-32(29)49-39(40)41)35(31(5-2)42-30)38(46)48-26-25-43-21-23-44(24-22-43)36(27-15-9-7-10-16-27)28-17-11-8-12-18-28/h7-20,33,36,39,42H,4-6,21-26H2,1-3H3. The molecule has 10 heteroatoms. The number of halogens is 2. The minimum absolute atomic E-state index is 0.107. The Bertz CT molecular complexity index is 1580. The number of hydrogen-bond acceptors (Lipinski definition) is 8. The molecule has 3 aromatic carbocycles. The highest BCUT2D eigenvalue weighted by molar-refractivity contribution is 6.00. The summed E-state index contributed by atoms with van der Waals surface area (Å²) in [4.78, 5) is 32.2. The van der Waals surface area contributed by atoms with E-state index in [1.165, 1.54) is 17.2 Å². The second-order valence-corrected chi connectivity index (χ2v) is 11.9. The number of nitrogens with zero attached hydrogens (tertiary/aromatic N) is 2. The van der Waals surface area contributed by atoms with Gasteiger partial charge in [0.2, 0.25) is 0 Å². The third-order valence-electron chi connectivity index (χ3n) is 9.04. The van der Waals surface area contributed by atoms with Crippen molar-refractivity contribution in [2.75, 3.05) is 45.9 Å². The van der Waals surface area contributed by atoms with Gasteiger partial charge in [0.15, 0.2) is 0 Å². The van der Waals surface area contributed by atoms with Crippen LogP contribution >= 0.6 is 0 Å². The summed E-state index contributed by atoms with van der Waals surface area (Å²) in [5.74, 6) is -2.40. The lowest BCUT2D eigenvalue weighted by Crippen LogP contribution is -2.48. The molecule has 1 N–H and O–H groups in total. The van der Waals surface area contributed by atoms with E-state index in [1.807, 2.05) is 26.0 Å². The van der Waals surface area contributed by atoms with Gasteiger partial charge in [-0.2, -0.15) is 8.78 Å². The lowest BCUT2D eigenvalue weighted by atomic mass is 9.79. The van der Waals surface area contributed by atoms with Crippen molar-refractivity contribution in [2.45, 2.75) is 52.2 Å². The minimum atomic E-state index is -3.09. The number of hydrogen-bond donors (Lipinski definition) is 1. The van der Waals surface area contributed by atoms with Crippen LogP contribution in [0.3, 0.4) is 0 Å². The van der Waals surface area contributed by atoms with Gasteiger partial charge in [0, 0.05) is 49.7 Å². The number of ether oxygens (including phenoxy) is 3. The van der Waals surface area contributed by atoms with Gasteiger partial charge in [-0.15, -0.1) is 0 Å². The molecule has 2 heterocycles. The van der Waals surface area contributed by atoms with Crippen molar-refractivity contribution in [1.29, 1.82) is 0 Å². The Balaban J connectivity index is 1.32. The van der Waals surface area contributed by atoms with Gasteiger partial charge in [-0.05, 0) is 37.0 Å². The van der Waals surface area contributed by atoms with Crippen LogP contribution in [0.15, 0.2) is 107 Å². The fourth-order valence-electron chi connectivity index (χ4n) is 6.77. The Morgan fingerprint density at radius 3 is 1.82 bits per heavy atom. The van der Waals surface area contributed by atoms with Crippen molar-refractivity contribution in [3.63, 3.8) is 0 Å². The van der Waals surface area contributed by atoms with Gasteiger partial charge < -0.3 is 19.5 Å². The molecule has 2 aliphatic heterocycles. The third-order valence-corrected chi connectivity index (χ3v) is 9.04. The summed E-state index contributed by atoms with van der Waals surface area (Å²) < 4.78 is 43.2. The van der Waals surface area contributed by atoms with Gasteiger partial charge in [-0.3, -0.25) is 9.80 Å². The molecule has 0 amide bonds. The molecule has 2 aliphatic rings. The number of para-hydroxylation sites is 1. The van der Waals surface area contributed by atoms with Crippen molar-refractivity contribution in [2.24, 2.45) is 0 Å². The number of allylic oxidation sites excluding steroid dienone is 2. The molecule has 0 spiro atoms. The van der Waals surface area contributed by atoms with E-state index < -0.39 is 24.5 Å². The van der Waals surface area contributed by atoms with E-state index >= 15 is 0 Å². The summed E-state index contributed by atoms with van der Waals surface area (Å²) >= 11 is 0. The fourth-order valence-corrected chi connectivity index (χ4v) is 6.77. The number of carbonyl (C=O) groups is 2. The van der Waals surface area contributed by atoms with Gasteiger partial charge >= 0.3 is 18.6 Å². The Labute approximate surface area is 287 Å². The smallest absolute Gasteiger partial charge is 0.387 e. The molecule has 8 nitrogen and oxygen atoms in total. The van der Waals surface area contributed by atoms with Crippen LogP contribution < -0.4 is 10.1 Å². The maximum absolute atomic E-state index is 14.0. The summed E-state index contributed by atoms with van der Waals surface area (Å²) in [6.45, 7) is 6.40. The van der Waals surface area contributed by atoms with Crippen molar-refractivity contribution in [3.8, 4) is 5.75 Å². The zero-order chi connectivity index (χ0) is 34.8. The number of nitrogens with one attached hydrogen (secondary N) is 1. The summed E-state index contributed by atoms with van der Waals surface area (Å²) in [7, 11) is 0. The Hall–Kier alpha value is -4.54. The maximum Gasteiger partial charge on any atom is 0.387 e. The minimum Gasteiger partial charge on any atom is -0.463 e. The predicted molar refractivity (Wildman–Crippen MR) is 184 cm³/mol. The number of esters is 2. The summed E-state index contributed by atoms with van der Waals surface area (Å²) in [5.41, 5.74) is 4.25. The summed E-state index contributed by atoms with van der Waals surface area (Å²) in [6.07, 6.45) is 0.847. The highest BCUT2D eigenvalue weighted by Crippen LogP contribution is 2.44. The van der Waals surface area contributed by atoms with Crippen LogP contribution in [0.2, 0.25) is 0 Å². The summed E-state index contributed by atoms with van der Waals surface area (Å²) in [5, 5.41) is 3.27. The summed E-state index contributed by atoms with van der Waals surface area (Å²) in [6, 6.07) is 27.4. The Kier molecular flexibility index (Phi) is 12.6. The van der Waals surface area contributed by atoms with Gasteiger partial charge in [0.25, 0.3) is 0 Å². The van der Waals surface area contributed by atoms with Gasteiger partial charge in [-0.1, -0.05) is 92.7 Å². The number of benzene rings is 3. The number of piperazine rings is 1. The Morgan fingerprint density at radius 1 is 0.755 bits per heavy atom. The second kappa shape index (κ2) is 17.2. The van der Waals surface area contributed by atoms with Crippen molar-refractivity contribution < 1.29 is 32.6 Å². The quantitative estimate of drug-likeness (QED) is 0.187. The van der Waals surface area contributed by atoms with Crippen molar-refractivity contribution in [3.05, 3.63) is 124 Å². The fraction of sp³-hybridized carbons (Fsp3) is 0.385. The highest BCUT2D eigenvalue weighted by Gasteiger charge is 2.41. The lowest BCUT2D eigenvalue weighted by molar-refractivity contribution is -0.140. The van der Waals surface area contributed by atoms with E-state index in [9.17, 15) is 18.4 Å². The van der Waals surface area contributed by atoms with Crippen LogP contribution in [0.1, 0.15) is 62.3 Å². The third kappa shape index (κ3) is 8.55. The van der Waals surface area contributed by atoms with E-state index in [0.717, 1.165) is 26.2 Å². The largest absolute Gasteiger partial charge is 0.463 e. The van der Waals surface area contributed by atoms with Gasteiger partial charge in [0.05, 0.1) is 29.7 Å². The van der Waals surface area contributed by atoms with Crippen LogP contribution in [-0.2, 0) is 19.1 Å². The molecule has 1 saturated heterocycles. The normalized spacial score (nSPS) is 17.3. The van der Waals surface area contributed by atoms with Crippen molar-refractivity contribution in [1.82, 2.24) is 15.1 Å². The molecule has 3 aromatic rings. The number of carbonyl (C=O) groups excluding carboxylic acids is 2. The zero-order valence-corrected chi connectivity index (χ0v) is 28.4. The highest BCUT2D eigenvalue weighted by atomic mass is 19.3. The van der Waals surface area contributed by atoms with E-state index in [-0.39, 0.29) is 41.7 Å². The first-order valence-electron chi connectivity index (χ1n) is 17.0. The van der Waals surface area contributed by atoms with Crippen molar-refractivity contribution >= 4 is 11.9 Å². The average Bonchev–Trinajstić information content (AvgIpc) is 3.12. The topological polar surface area (TPSA) is 80.3 Å². The predicted octanol–water partition coefficient (Wildman–Crippen LogP) is 6.82. The van der Waals surface area contributed by atoms with E-state index in [4.69, 9.17) is 14.2 Å². The molecular formula is C39H45F2N3O5. The average molecular weight is 674 g/mol. The van der Waals surface area contributed by atoms with Crippen LogP contribution in [0.25, 0.3) is 0 Å². The molecule has 5 rings (SSSR count). The monoisotopic (exact) mass is 673 g/mol. The SMILES string of the molecule is CCOC(=O)C1=C(CC)NC(CC)=C(C(=O)OCCN2CCN(C(c3ccccc3)c3ccccc3)CC2)C1c1ccccc1OC(F)F. The molecule has 1 fully saturated rings. The molecule has 1 unspecified atom stereocenters. The van der Waals surface area contributed by atoms with Crippen LogP contribution in [0.4, 0.5) is 8.78 Å². The van der Waals surface area contributed by atoms with E-state index in [1.54, 1.807) is 25.1 Å². The molecule has 1 atom stereocenters. The maximum atomic E-state index is 14.0. The first kappa shape index (κ1) is 35.8.